The predicted molar refractivity (Wildman–Crippen MR) is 104 cm³/mol. The SMILES string of the molecule is COc1cc2c(ccn2S(=O)(=O)c2ccccc2Cl)c2c1OCCNC2C. The van der Waals surface area contributed by atoms with Gasteiger partial charge >= 0.3 is 0 Å². The van der Waals surface area contributed by atoms with Crippen molar-refractivity contribution < 1.29 is 17.9 Å². The van der Waals surface area contributed by atoms with Gasteiger partial charge in [0.05, 0.1) is 17.6 Å². The first kappa shape index (κ1) is 18.2. The minimum absolute atomic E-state index is 0.0148. The van der Waals surface area contributed by atoms with Crippen LogP contribution in [0.3, 0.4) is 0 Å². The highest BCUT2D eigenvalue weighted by atomic mass is 35.5. The maximum Gasteiger partial charge on any atom is 0.269 e. The fourth-order valence-corrected chi connectivity index (χ4v) is 5.31. The minimum Gasteiger partial charge on any atom is -0.493 e. The summed E-state index contributed by atoms with van der Waals surface area (Å²) in [5.41, 5.74) is 1.40. The first-order valence-corrected chi connectivity index (χ1v) is 10.3. The number of rotatable bonds is 3. The van der Waals surface area contributed by atoms with Gasteiger partial charge in [0, 0.05) is 35.8 Å². The number of hydrogen-bond donors (Lipinski definition) is 1. The van der Waals surface area contributed by atoms with Crippen LogP contribution in [-0.4, -0.2) is 32.7 Å². The molecule has 0 aliphatic carbocycles. The summed E-state index contributed by atoms with van der Waals surface area (Å²) >= 11 is 6.15. The van der Waals surface area contributed by atoms with Gasteiger partial charge < -0.3 is 14.8 Å². The van der Waals surface area contributed by atoms with Crippen molar-refractivity contribution in [3.63, 3.8) is 0 Å². The molecule has 0 fully saturated rings. The van der Waals surface area contributed by atoms with Gasteiger partial charge in [-0.15, -0.1) is 0 Å². The van der Waals surface area contributed by atoms with E-state index in [1.807, 2.05) is 6.92 Å². The van der Waals surface area contributed by atoms with Crippen LogP contribution in [0.5, 0.6) is 11.5 Å². The number of benzene rings is 2. The predicted octanol–water partition coefficient (Wildman–Crippen LogP) is 3.58. The third-order valence-corrected chi connectivity index (χ3v) is 6.93. The monoisotopic (exact) mass is 406 g/mol. The number of aromatic nitrogens is 1. The Morgan fingerprint density at radius 3 is 2.81 bits per heavy atom. The Morgan fingerprint density at radius 2 is 2.07 bits per heavy atom. The van der Waals surface area contributed by atoms with Crippen LogP contribution in [0.15, 0.2) is 47.5 Å². The second kappa shape index (κ2) is 6.74. The Kier molecular flexibility index (Phi) is 4.53. The van der Waals surface area contributed by atoms with Crippen LogP contribution in [0, 0.1) is 0 Å². The summed E-state index contributed by atoms with van der Waals surface area (Å²) in [6.45, 7) is 3.23. The first-order valence-electron chi connectivity index (χ1n) is 8.53. The highest BCUT2D eigenvalue weighted by Gasteiger charge is 2.28. The molecular formula is C19H19ClN2O4S. The van der Waals surface area contributed by atoms with Crippen LogP contribution in [-0.2, 0) is 10.0 Å². The zero-order valence-electron chi connectivity index (χ0n) is 14.9. The Balaban J connectivity index is 2.01. The highest BCUT2D eigenvalue weighted by Crippen LogP contribution is 2.43. The average Bonchev–Trinajstić information content (AvgIpc) is 2.99. The summed E-state index contributed by atoms with van der Waals surface area (Å²) < 4.78 is 39.1. The summed E-state index contributed by atoms with van der Waals surface area (Å²) in [4.78, 5) is 0.0560. The van der Waals surface area contributed by atoms with E-state index in [1.165, 1.54) is 10.0 Å². The Bertz CT molecular complexity index is 1120. The third-order valence-electron chi connectivity index (χ3n) is 4.74. The van der Waals surface area contributed by atoms with Gasteiger partial charge in [0.2, 0.25) is 0 Å². The second-order valence-electron chi connectivity index (χ2n) is 6.33. The van der Waals surface area contributed by atoms with Crippen LogP contribution < -0.4 is 14.8 Å². The van der Waals surface area contributed by atoms with E-state index in [0.717, 1.165) is 10.9 Å². The van der Waals surface area contributed by atoms with Crippen molar-refractivity contribution in [2.75, 3.05) is 20.3 Å². The first-order chi connectivity index (χ1) is 12.9. The van der Waals surface area contributed by atoms with E-state index in [2.05, 4.69) is 5.32 Å². The molecule has 0 saturated carbocycles. The fourth-order valence-electron chi connectivity index (χ4n) is 3.47. The van der Waals surface area contributed by atoms with Gasteiger partial charge in [-0.05, 0) is 25.1 Å². The summed E-state index contributed by atoms with van der Waals surface area (Å²) in [5.74, 6) is 1.15. The average molecular weight is 407 g/mol. The Hall–Kier alpha value is -2.22. The summed E-state index contributed by atoms with van der Waals surface area (Å²) in [6.07, 6.45) is 1.54. The van der Waals surface area contributed by atoms with Crippen molar-refractivity contribution in [2.24, 2.45) is 0 Å². The van der Waals surface area contributed by atoms with E-state index in [4.69, 9.17) is 21.1 Å². The topological polar surface area (TPSA) is 69.6 Å². The van der Waals surface area contributed by atoms with Gasteiger partial charge in [0.15, 0.2) is 11.5 Å². The van der Waals surface area contributed by atoms with Crippen molar-refractivity contribution in [2.45, 2.75) is 17.9 Å². The van der Waals surface area contributed by atoms with Crippen molar-refractivity contribution in [1.82, 2.24) is 9.29 Å². The third kappa shape index (κ3) is 2.86. The molecule has 2 heterocycles. The molecule has 0 saturated heterocycles. The number of nitrogens with zero attached hydrogens (tertiary/aromatic N) is 1. The standard InChI is InChI=1S/C19H19ClN2O4S/c1-12-18-13-7-9-22(27(23,24)17-6-4-3-5-14(17)20)15(13)11-16(25-2)19(18)26-10-8-21-12/h3-7,9,11-12,21H,8,10H2,1-2H3. The largest absolute Gasteiger partial charge is 0.493 e. The summed E-state index contributed by atoms with van der Waals surface area (Å²) in [6, 6.07) is 9.87. The molecule has 0 spiro atoms. The van der Waals surface area contributed by atoms with E-state index in [9.17, 15) is 8.42 Å². The molecule has 4 rings (SSSR count). The number of methoxy groups -OCH3 is 1. The number of nitrogens with one attached hydrogen (secondary N) is 1. The van der Waals surface area contributed by atoms with Crippen molar-refractivity contribution in [3.05, 3.63) is 53.2 Å². The molecule has 3 aromatic rings. The molecule has 1 unspecified atom stereocenters. The number of fused-ring (bicyclic) bond motifs is 3. The lowest BCUT2D eigenvalue weighted by Gasteiger charge is -2.18. The Morgan fingerprint density at radius 1 is 1.30 bits per heavy atom. The lowest BCUT2D eigenvalue weighted by molar-refractivity contribution is 0.301. The molecule has 6 nitrogen and oxygen atoms in total. The van der Waals surface area contributed by atoms with Gasteiger partial charge in [-0.3, -0.25) is 0 Å². The van der Waals surface area contributed by atoms with Crippen LogP contribution >= 0.6 is 11.6 Å². The van der Waals surface area contributed by atoms with Crippen LogP contribution in [0.2, 0.25) is 5.02 Å². The van der Waals surface area contributed by atoms with Gasteiger partial charge in [0.25, 0.3) is 10.0 Å². The molecule has 8 heteroatoms. The van der Waals surface area contributed by atoms with E-state index in [1.54, 1.807) is 43.6 Å². The minimum atomic E-state index is -3.86. The van der Waals surface area contributed by atoms with E-state index < -0.39 is 10.0 Å². The fraction of sp³-hybridized carbons (Fsp3) is 0.263. The van der Waals surface area contributed by atoms with Gasteiger partial charge in [-0.2, -0.15) is 0 Å². The maximum atomic E-state index is 13.2. The molecule has 1 aliphatic rings. The molecule has 0 amide bonds. The van der Waals surface area contributed by atoms with Gasteiger partial charge in [0.1, 0.15) is 11.5 Å². The number of halogens is 1. The number of hydrogen-bond acceptors (Lipinski definition) is 5. The molecule has 1 aliphatic heterocycles. The Labute approximate surface area is 162 Å². The molecule has 1 N–H and O–H groups in total. The molecule has 0 radical (unpaired) electrons. The van der Waals surface area contributed by atoms with Crippen LogP contribution in [0.1, 0.15) is 18.5 Å². The van der Waals surface area contributed by atoms with Crippen molar-refractivity contribution in [3.8, 4) is 11.5 Å². The van der Waals surface area contributed by atoms with Crippen molar-refractivity contribution >= 4 is 32.5 Å². The molecule has 27 heavy (non-hydrogen) atoms. The molecular weight excluding hydrogens is 388 g/mol. The van der Waals surface area contributed by atoms with Gasteiger partial charge in [-0.25, -0.2) is 12.4 Å². The lowest BCUT2D eigenvalue weighted by atomic mass is 10.0. The molecule has 1 aromatic heterocycles. The van der Waals surface area contributed by atoms with E-state index in [-0.39, 0.29) is 16.0 Å². The summed E-state index contributed by atoms with van der Waals surface area (Å²) in [7, 11) is -2.32. The van der Waals surface area contributed by atoms with Crippen LogP contribution in [0.25, 0.3) is 10.9 Å². The highest BCUT2D eigenvalue weighted by molar-refractivity contribution is 7.90. The van der Waals surface area contributed by atoms with E-state index in [0.29, 0.717) is 30.2 Å². The molecule has 0 bridgehead atoms. The van der Waals surface area contributed by atoms with Crippen LogP contribution in [0.4, 0.5) is 0 Å². The quantitative estimate of drug-likeness (QED) is 0.719. The second-order valence-corrected chi connectivity index (χ2v) is 8.52. The number of ether oxygens (including phenoxy) is 2. The molecule has 142 valence electrons. The zero-order chi connectivity index (χ0) is 19.2. The normalized spacial score (nSPS) is 17.2. The lowest BCUT2D eigenvalue weighted by Crippen LogP contribution is -2.20. The van der Waals surface area contributed by atoms with Gasteiger partial charge in [-0.1, -0.05) is 23.7 Å². The van der Waals surface area contributed by atoms with E-state index >= 15 is 0 Å². The summed E-state index contributed by atoms with van der Waals surface area (Å²) in [5, 5.41) is 4.35. The molecule has 2 aromatic carbocycles. The smallest absolute Gasteiger partial charge is 0.269 e. The molecule has 1 atom stereocenters. The van der Waals surface area contributed by atoms with Crippen molar-refractivity contribution in [1.29, 1.82) is 0 Å². The maximum absolute atomic E-state index is 13.2. The zero-order valence-corrected chi connectivity index (χ0v) is 16.5.